The molecule has 0 atom stereocenters. The van der Waals surface area contributed by atoms with Crippen molar-refractivity contribution in [2.24, 2.45) is 0 Å². The van der Waals surface area contributed by atoms with E-state index in [1.807, 2.05) is 0 Å². The van der Waals surface area contributed by atoms with Gasteiger partial charge in [-0.05, 0) is 30.4 Å². The van der Waals surface area contributed by atoms with E-state index in [4.69, 9.17) is 4.74 Å². The second-order valence-electron chi connectivity index (χ2n) is 5.16. The molecule has 2 rings (SSSR count). The summed E-state index contributed by atoms with van der Waals surface area (Å²) in [4.78, 5) is 48.5. The van der Waals surface area contributed by atoms with Crippen molar-refractivity contribution >= 4 is 29.6 Å². The Morgan fingerprint density at radius 2 is 1.59 bits per heavy atom. The Balaban J connectivity index is 2.83. The van der Waals surface area contributed by atoms with Crippen LogP contribution in [0.4, 0.5) is 5.69 Å². The molecule has 0 amide bonds. The fraction of sp³-hybridized carbons (Fsp3) is 0.111. The summed E-state index contributed by atoms with van der Waals surface area (Å²) in [5.41, 5.74) is -1.13. The molecule has 27 heavy (non-hydrogen) atoms. The average molecular weight is 373 g/mol. The van der Waals surface area contributed by atoms with Crippen molar-refractivity contribution in [2.75, 3.05) is 19.1 Å². The van der Waals surface area contributed by atoms with E-state index in [1.54, 1.807) is 0 Å². The number of esters is 2. The second kappa shape index (κ2) is 8.00. The first-order chi connectivity index (χ1) is 12.8. The van der Waals surface area contributed by atoms with Crippen molar-refractivity contribution in [1.29, 1.82) is 0 Å². The highest BCUT2D eigenvalue weighted by molar-refractivity contribution is 6.07. The van der Waals surface area contributed by atoms with Crippen molar-refractivity contribution < 1.29 is 38.9 Å². The van der Waals surface area contributed by atoms with Gasteiger partial charge >= 0.3 is 23.9 Å². The summed E-state index contributed by atoms with van der Waals surface area (Å²) in [6, 6.07) is 3.30. The number of anilines is 1. The van der Waals surface area contributed by atoms with Crippen molar-refractivity contribution in [3.05, 3.63) is 65.0 Å². The van der Waals surface area contributed by atoms with Crippen molar-refractivity contribution in [3.63, 3.8) is 0 Å². The number of carbonyl (C=O) groups excluding carboxylic acids is 2. The number of hydrogen-bond donors (Lipinski definition) is 2. The first-order valence-corrected chi connectivity index (χ1v) is 7.47. The lowest BCUT2D eigenvalue weighted by molar-refractivity contribution is -0.139. The number of carbonyl (C=O) groups is 4. The molecule has 0 aliphatic carbocycles. The summed E-state index contributed by atoms with van der Waals surface area (Å²) >= 11 is 0. The molecule has 0 unspecified atom stereocenters. The zero-order chi connectivity index (χ0) is 20.1. The number of methoxy groups -OCH3 is 2. The average Bonchev–Trinajstić information content (AvgIpc) is 2.88. The van der Waals surface area contributed by atoms with E-state index in [1.165, 1.54) is 24.4 Å². The molecule has 0 aromatic heterocycles. The van der Waals surface area contributed by atoms with Crippen LogP contribution in [0, 0.1) is 0 Å². The van der Waals surface area contributed by atoms with Crippen LogP contribution in [0.25, 0.3) is 0 Å². The van der Waals surface area contributed by atoms with Crippen LogP contribution in [0.5, 0.6) is 0 Å². The Kier molecular flexibility index (Phi) is 5.76. The summed E-state index contributed by atoms with van der Waals surface area (Å²) < 4.78 is 9.40. The first-order valence-electron chi connectivity index (χ1n) is 7.47. The molecule has 0 saturated heterocycles. The minimum atomic E-state index is -1.35. The molecule has 2 N–H and O–H groups in total. The van der Waals surface area contributed by atoms with E-state index in [9.17, 15) is 29.4 Å². The lowest BCUT2D eigenvalue weighted by Gasteiger charge is -2.24. The molecular formula is C18H15NO8. The molecule has 0 spiro atoms. The van der Waals surface area contributed by atoms with Crippen LogP contribution in [0.15, 0.2) is 53.9 Å². The largest absolute Gasteiger partial charge is 0.478 e. The predicted octanol–water partition coefficient (Wildman–Crippen LogP) is 1.57. The molecule has 9 nitrogen and oxygen atoms in total. The molecule has 9 heteroatoms. The second-order valence-corrected chi connectivity index (χ2v) is 5.16. The van der Waals surface area contributed by atoms with Crippen LogP contribution in [0.1, 0.15) is 20.7 Å². The Morgan fingerprint density at radius 3 is 2.15 bits per heavy atom. The predicted molar refractivity (Wildman–Crippen MR) is 92.2 cm³/mol. The van der Waals surface area contributed by atoms with Gasteiger partial charge in [0, 0.05) is 6.20 Å². The molecular weight excluding hydrogens is 358 g/mol. The van der Waals surface area contributed by atoms with Gasteiger partial charge in [0.05, 0.1) is 36.6 Å². The van der Waals surface area contributed by atoms with Gasteiger partial charge in [-0.2, -0.15) is 0 Å². The van der Waals surface area contributed by atoms with Gasteiger partial charge in [0.15, 0.2) is 0 Å². The van der Waals surface area contributed by atoms with Crippen molar-refractivity contribution in [1.82, 2.24) is 0 Å². The fourth-order valence-electron chi connectivity index (χ4n) is 2.40. The fourth-order valence-corrected chi connectivity index (χ4v) is 2.40. The number of aromatic carboxylic acids is 2. The highest BCUT2D eigenvalue weighted by atomic mass is 16.5. The minimum Gasteiger partial charge on any atom is -0.478 e. The number of hydrogen-bond acceptors (Lipinski definition) is 7. The van der Waals surface area contributed by atoms with Gasteiger partial charge in [-0.25, -0.2) is 19.2 Å². The summed E-state index contributed by atoms with van der Waals surface area (Å²) in [7, 11) is 2.21. The van der Waals surface area contributed by atoms with Crippen molar-refractivity contribution in [3.8, 4) is 0 Å². The third-order valence-corrected chi connectivity index (χ3v) is 3.62. The number of benzene rings is 1. The van der Waals surface area contributed by atoms with Gasteiger partial charge in [0.1, 0.15) is 5.70 Å². The van der Waals surface area contributed by atoms with Gasteiger partial charge in [-0.15, -0.1) is 0 Å². The summed E-state index contributed by atoms with van der Waals surface area (Å²) in [6.07, 6.45) is 5.50. The Hall–Kier alpha value is -3.88. The van der Waals surface area contributed by atoms with Gasteiger partial charge < -0.3 is 24.6 Å². The number of nitrogens with zero attached hydrogens (tertiary/aromatic N) is 1. The van der Waals surface area contributed by atoms with Gasteiger partial charge in [0.2, 0.25) is 0 Å². The number of ether oxygens (including phenoxy) is 2. The molecule has 140 valence electrons. The lowest BCUT2D eigenvalue weighted by Crippen LogP contribution is -2.28. The maximum Gasteiger partial charge on any atom is 0.355 e. The van der Waals surface area contributed by atoms with Crippen LogP contribution in [-0.2, 0) is 19.1 Å². The first kappa shape index (κ1) is 19.4. The topological polar surface area (TPSA) is 130 Å². The van der Waals surface area contributed by atoms with Crippen LogP contribution >= 0.6 is 0 Å². The van der Waals surface area contributed by atoms with Gasteiger partial charge in [-0.1, -0.05) is 6.08 Å². The minimum absolute atomic E-state index is 0.135. The molecule has 1 aliphatic rings. The van der Waals surface area contributed by atoms with E-state index in [2.05, 4.69) is 4.74 Å². The normalized spacial score (nSPS) is 13.2. The number of rotatable bonds is 5. The third-order valence-electron chi connectivity index (χ3n) is 3.62. The standard InChI is InChI=1S/C18H15NO8/c1-26-17(24)12-5-3-4-8-19(14(12)18(25)27-2)13-9-10(15(20)21)6-7-11(13)16(22)23/h3-9H,1-2H3,(H,20,21)(H,22,23). The van der Waals surface area contributed by atoms with Crippen molar-refractivity contribution in [2.45, 2.75) is 0 Å². The summed E-state index contributed by atoms with van der Waals surface area (Å²) in [6.45, 7) is 0. The lowest BCUT2D eigenvalue weighted by atomic mass is 10.1. The maximum absolute atomic E-state index is 12.4. The zero-order valence-electron chi connectivity index (χ0n) is 14.3. The quantitative estimate of drug-likeness (QED) is 0.738. The highest BCUT2D eigenvalue weighted by Crippen LogP contribution is 2.30. The third kappa shape index (κ3) is 3.87. The Morgan fingerprint density at radius 1 is 0.926 bits per heavy atom. The zero-order valence-corrected chi connectivity index (χ0v) is 14.3. The van der Waals surface area contributed by atoms with Crippen LogP contribution in [-0.4, -0.2) is 48.3 Å². The molecule has 1 aromatic carbocycles. The number of carboxylic acid groups (broad SMARTS) is 2. The SMILES string of the molecule is COC(=O)C1=C(C(=O)OC)N(c2cc(C(=O)O)ccc2C(=O)O)C=CC=C1. The molecule has 1 aromatic rings. The molecule has 1 aliphatic heterocycles. The molecule has 0 fully saturated rings. The molecule has 0 radical (unpaired) electrons. The van der Waals surface area contributed by atoms with Gasteiger partial charge in [-0.3, -0.25) is 0 Å². The van der Waals surface area contributed by atoms with E-state index < -0.39 is 23.9 Å². The molecule has 0 saturated carbocycles. The molecule has 1 heterocycles. The van der Waals surface area contributed by atoms with E-state index in [-0.39, 0.29) is 28.1 Å². The Labute approximate surface area is 153 Å². The van der Waals surface area contributed by atoms with E-state index in [0.717, 1.165) is 37.3 Å². The molecule has 0 bridgehead atoms. The number of allylic oxidation sites excluding steroid dienone is 2. The van der Waals surface area contributed by atoms with E-state index in [0.29, 0.717) is 0 Å². The summed E-state index contributed by atoms with van der Waals surface area (Å²) in [5.74, 6) is -4.44. The Bertz CT molecular complexity index is 910. The smallest absolute Gasteiger partial charge is 0.355 e. The van der Waals surface area contributed by atoms with Crippen LogP contribution < -0.4 is 4.90 Å². The highest BCUT2D eigenvalue weighted by Gasteiger charge is 2.30. The van der Waals surface area contributed by atoms with Gasteiger partial charge in [0.25, 0.3) is 0 Å². The van der Waals surface area contributed by atoms with Crippen LogP contribution in [0.2, 0.25) is 0 Å². The summed E-state index contributed by atoms with van der Waals surface area (Å²) in [5, 5.41) is 18.7. The monoisotopic (exact) mass is 373 g/mol. The number of carboxylic acids is 2. The van der Waals surface area contributed by atoms with E-state index >= 15 is 0 Å². The van der Waals surface area contributed by atoms with Crippen LogP contribution in [0.3, 0.4) is 0 Å². The maximum atomic E-state index is 12.4.